The van der Waals surface area contributed by atoms with Crippen molar-refractivity contribution in [1.29, 1.82) is 0 Å². The van der Waals surface area contributed by atoms with Crippen LogP contribution in [0.4, 0.5) is 5.69 Å². The Bertz CT molecular complexity index is 725. The maximum Gasteiger partial charge on any atom is 0.342 e. The minimum atomic E-state index is -0.584. The Hall–Kier alpha value is -2.82. The number of para-hydroxylation sites is 1. The van der Waals surface area contributed by atoms with Crippen LogP contribution in [0.15, 0.2) is 48.5 Å². The molecule has 26 heavy (non-hydrogen) atoms. The van der Waals surface area contributed by atoms with Gasteiger partial charge in [0.05, 0.1) is 6.61 Å². The minimum absolute atomic E-state index is 0.308. The van der Waals surface area contributed by atoms with Crippen LogP contribution in [0.5, 0.6) is 5.75 Å². The lowest BCUT2D eigenvalue weighted by molar-refractivity contribution is -0.119. The second kappa shape index (κ2) is 10.2. The molecular formula is C21H25NO4. The van der Waals surface area contributed by atoms with Crippen molar-refractivity contribution in [3.05, 3.63) is 59.7 Å². The summed E-state index contributed by atoms with van der Waals surface area (Å²) in [6, 6.07) is 14.5. The van der Waals surface area contributed by atoms with Crippen LogP contribution in [0.25, 0.3) is 0 Å². The number of carbonyl (C=O) groups is 2. The second-order valence-electron chi connectivity index (χ2n) is 5.85. The van der Waals surface area contributed by atoms with E-state index < -0.39 is 5.97 Å². The summed E-state index contributed by atoms with van der Waals surface area (Å²) < 4.78 is 10.5. The summed E-state index contributed by atoms with van der Waals surface area (Å²) in [4.78, 5) is 24.2. The standard InChI is InChI=1S/C21H25NO4/c1-3-5-8-16-11-13-17(14-12-16)22-20(23)15-26-21(24)18-9-6-7-10-19(18)25-4-2/h6-7,9-14H,3-5,8,15H2,1-2H3,(H,22,23). The first-order chi connectivity index (χ1) is 12.6. The van der Waals surface area contributed by atoms with Gasteiger partial charge in [-0.3, -0.25) is 4.79 Å². The van der Waals surface area contributed by atoms with Crippen LogP contribution in [0, 0.1) is 0 Å². The van der Waals surface area contributed by atoms with Crippen LogP contribution in [-0.2, 0) is 16.0 Å². The van der Waals surface area contributed by atoms with Gasteiger partial charge in [0.2, 0.25) is 0 Å². The van der Waals surface area contributed by atoms with E-state index in [0.717, 1.165) is 19.3 Å². The van der Waals surface area contributed by atoms with Gasteiger partial charge in [0.15, 0.2) is 6.61 Å². The molecule has 0 heterocycles. The van der Waals surface area contributed by atoms with E-state index in [1.165, 1.54) is 5.56 Å². The minimum Gasteiger partial charge on any atom is -0.493 e. The smallest absolute Gasteiger partial charge is 0.342 e. The van der Waals surface area contributed by atoms with E-state index in [4.69, 9.17) is 9.47 Å². The molecule has 5 heteroatoms. The molecule has 0 saturated heterocycles. The number of amides is 1. The zero-order chi connectivity index (χ0) is 18.8. The first-order valence-corrected chi connectivity index (χ1v) is 8.91. The fourth-order valence-corrected chi connectivity index (χ4v) is 2.46. The zero-order valence-electron chi connectivity index (χ0n) is 15.3. The molecule has 0 spiro atoms. The molecule has 0 aliphatic heterocycles. The van der Waals surface area contributed by atoms with Gasteiger partial charge in [-0.05, 0) is 49.6 Å². The van der Waals surface area contributed by atoms with Crippen molar-refractivity contribution in [2.24, 2.45) is 0 Å². The first-order valence-electron chi connectivity index (χ1n) is 8.91. The molecule has 0 aromatic heterocycles. The summed E-state index contributed by atoms with van der Waals surface area (Å²) in [6.45, 7) is 4.08. The van der Waals surface area contributed by atoms with E-state index in [-0.39, 0.29) is 12.5 Å². The lowest BCUT2D eigenvalue weighted by atomic mass is 10.1. The number of unbranched alkanes of at least 4 members (excludes halogenated alkanes) is 1. The van der Waals surface area contributed by atoms with Crippen molar-refractivity contribution in [2.45, 2.75) is 33.1 Å². The summed E-state index contributed by atoms with van der Waals surface area (Å²) in [5.74, 6) is -0.518. The number of carbonyl (C=O) groups excluding carboxylic acids is 2. The molecule has 0 bridgehead atoms. The van der Waals surface area contributed by atoms with Crippen LogP contribution in [0.2, 0.25) is 0 Å². The molecule has 2 aromatic rings. The van der Waals surface area contributed by atoms with Crippen molar-refractivity contribution in [1.82, 2.24) is 0 Å². The molecule has 1 amide bonds. The van der Waals surface area contributed by atoms with Crippen molar-refractivity contribution >= 4 is 17.6 Å². The number of hydrogen-bond acceptors (Lipinski definition) is 4. The van der Waals surface area contributed by atoms with Crippen LogP contribution < -0.4 is 10.1 Å². The van der Waals surface area contributed by atoms with E-state index >= 15 is 0 Å². The Morgan fingerprint density at radius 1 is 1.00 bits per heavy atom. The van der Waals surface area contributed by atoms with E-state index in [9.17, 15) is 9.59 Å². The van der Waals surface area contributed by atoms with Crippen LogP contribution in [0.1, 0.15) is 42.6 Å². The summed E-state index contributed by atoms with van der Waals surface area (Å²) in [6.07, 6.45) is 3.32. The number of benzene rings is 2. The molecular weight excluding hydrogens is 330 g/mol. The Balaban J connectivity index is 1.85. The fourth-order valence-electron chi connectivity index (χ4n) is 2.46. The third-order valence-corrected chi connectivity index (χ3v) is 3.80. The van der Waals surface area contributed by atoms with Crippen molar-refractivity contribution in [3.8, 4) is 5.75 Å². The van der Waals surface area contributed by atoms with Gasteiger partial charge in [-0.2, -0.15) is 0 Å². The number of anilines is 1. The number of aryl methyl sites for hydroxylation is 1. The topological polar surface area (TPSA) is 64.6 Å². The molecule has 2 aromatic carbocycles. The quantitative estimate of drug-likeness (QED) is 0.684. The average molecular weight is 355 g/mol. The third kappa shape index (κ3) is 5.92. The molecule has 0 atom stereocenters. The Kier molecular flexibility index (Phi) is 7.68. The van der Waals surface area contributed by atoms with Crippen molar-refractivity contribution in [3.63, 3.8) is 0 Å². The molecule has 0 radical (unpaired) electrons. The fraction of sp³-hybridized carbons (Fsp3) is 0.333. The Morgan fingerprint density at radius 2 is 1.73 bits per heavy atom. The van der Waals surface area contributed by atoms with Gasteiger partial charge in [0, 0.05) is 5.69 Å². The van der Waals surface area contributed by atoms with Gasteiger partial charge in [-0.25, -0.2) is 4.79 Å². The summed E-state index contributed by atoms with van der Waals surface area (Å²) in [7, 11) is 0. The second-order valence-corrected chi connectivity index (χ2v) is 5.85. The van der Waals surface area contributed by atoms with Crippen LogP contribution in [-0.4, -0.2) is 25.1 Å². The molecule has 2 rings (SSSR count). The summed E-state index contributed by atoms with van der Waals surface area (Å²) in [5, 5.41) is 2.72. The lowest BCUT2D eigenvalue weighted by Gasteiger charge is -2.10. The monoisotopic (exact) mass is 355 g/mol. The predicted octanol–water partition coefficient (Wildman–Crippen LogP) is 4.22. The van der Waals surface area contributed by atoms with Gasteiger partial charge in [-0.1, -0.05) is 37.6 Å². The Morgan fingerprint density at radius 3 is 2.42 bits per heavy atom. The predicted molar refractivity (Wildman–Crippen MR) is 102 cm³/mol. The highest BCUT2D eigenvalue weighted by atomic mass is 16.5. The first kappa shape index (κ1) is 19.5. The number of esters is 1. The normalized spacial score (nSPS) is 10.2. The maximum absolute atomic E-state index is 12.2. The molecule has 5 nitrogen and oxygen atoms in total. The molecule has 0 aliphatic carbocycles. The van der Waals surface area contributed by atoms with E-state index in [2.05, 4.69) is 12.2 Å². The highest BCUT2D eigenvalue weighted by Crippen LogP contribution is 2.19. The van der Waals surface area contributed by atoms with Crippen LogP contribution in [0.3, 0.4) is 0 Å². The number of rotatable bonds is 9. The molecule has 0 fully saturated rings. The highest BCUT2D eigenvalue weighted by molar-refractivity contribution is 5.96. The summed E-state index contributed by atoms with van der Waals surface area (Å²) in [5.41, 5.74) is 2.23. The van der Waals surface area contributed by atoms with Crippen molar-refractivity contribution in [2.75, 3.05) is 18.5 Å². The largest absolute Gasteiger partial charge is 0.493 e. The Labute approximate surface area is 154 Å². The van der Waals surface area contributed by atoms with Crippen molar-refractivity contribution < 1.29 is 19.1 Å². The van der Waals surface area contributed by atoms with Crippen LogP contribution >= 0.6 is 0 Å². The average Bonchev–Trinajstić information content (AvgIpc) is 2.66. The van der Waals surface area contributed by atoms with Gasteiger partial charge < -0.3 is 14.8 Å². The molecule has 1 N–H and O–H groups in total. The van der Waals surface area contributed by atoms with E-state index in [1.807, 2.05) is 31.2 Å². The number of hydrogen-bond donors (Lipinski definition) is 1. The molecule has 0 unspecified atom stereocenters. The third-order valence-electron chi connectivity index (χ3n) is 3.80. The van der Waals surface area contributed by atoms with Gasteiger partial charge in [0.1, 0.15) is 11.3 Å². The van der Waals surface area contributed by atoms with Gasteiger partial charge >= 0.3 is 5.97 Å². The number of nitrogens with one attached hydrogen (secondary N) is 1. The summed E-state index contributed by atoms with van der Waals surface area (Å²) >= 11 is 0. The molecule has 138 valence electrons. The lowest BCUT2D eigenvalue weighted by Crippen LogP contribution is -2.21. The maximum atomic E-state index is 12.2. The van der Waals surface area contributed by atoms with Gasteiger partial charge in [0.25, 0.3) is 5.91 Å². The zero-order valence-corrected chi connectivity index (χ0v) is 15.3. The van der Waals surface area contributed by atoms with E-state index in [0.29, 0.717) is 23.6 Å². The van der Waals surface area contributed by atoms with Gasteiger partial charge in [-0.15, -0.1) is 0 Å². The molecule has 0 saturated carbocycles. The highest BCUT2D eigenvalue weighted by Gasteiger charge is 2.15. The molecule has 0 aliphatic rings. The van der Waals surface area contributed by atoms with E-state index in [1.54, 1.807) is 24.3 Å². The SMILES string of the molecule is CCCCc1ccc(NC(=O)COC(=O)c2ccccc2OCC)cc1. The number of ether oxygens (including phenoxy) is 2.